The van der Waals surface area contributed by atoms with Crippen molar-refractivity contribution < 1.29 is 9.59 Å². The first-order chi connectivity index (χ1) is 13.1. The van der Waals surface area contributed by atoms with Crippen LogP contribution in [0.2, 0.25) is 0 Å². The first-order valence-electron chi connectivity index (χ1n) is 8.48. The van der Waals surface area contributed by atoms with Crippen molar-refractivity contribution in [2.24, 2.45) is 0 Å². The van der Waals surface area contributed by atoms with Crippen molar-refractivity contribution in [1.29, 1.82) is 0 Å². The lowest BCUT2D eigenvalue weighted by Crippen LogP contribution is -2.31. The monoisotopic (exact) mass is 359 g/mol. The molecule has 4 rings (SSSR count). The molecule has 0 aliphatic rings. The molecule has 134 valence electrons. The SMILES string of the molecule is Cc1[nH]c2ccccc2c1C(=O)C(=O)NCc1ccnc(-n2cccn2)c1. The van der Waals surface area contributed by atoms with E-state index in [1.165, 1.54) is 0 Å². The van der Waals surface area contributed by atoms with Crippen molar-refractivity contribution in [3.05, 3.63) is 77.9 Å². The Morgan fingerprint density at radius 3 is 2.81 bits per heavy atom. The van der Waals surface area contributed by atoms with E-state index in [1.807, 2.05) is 30.3 Å². The minimum atomic E-state index is -0.639. The highest BCUT2D eigenvalue weighted by molar-refractivity contribution is 6.45. The van der Waals surface area contributed by atoms with Gasteiger partial charge >= 0.3 is 0 Å². The second kappa shape index (κ2) is 6.87. The number of hydrogen-bond donors (Lipinski definition) is 2. The van der Waals surface area contributed by atoms with E-state index in [1.54, 1.807) is 42.3 Å². The Balaban J connectivity index is 1.50. The number of aromatic nitrogens is 4. The fraction of sp³-hybridized carbons (Fsp3) is 0.100. The minimum absolute atomic E-state index is 0.225. The third kappa shape index (κ3) is 3.22. The Kier molecular flexibility index (Phi) is 4.25. The summed E-state index contributed by atoms with van der Waals surface area (Å²) in [6.45, 7) is 2.02. The summed E-state index contributed by atoms with van der Waals surface area (Å²) in [6, 6.07) is 12.8. The summed E-state index contributed by atoms with van der Waals surface area (Å²) in [6.07, 6.45) is 5.09. The van der Waals surface area contributed by atoms with Crippen molar-refractivity contribution in [2.45, 2.75) is 13.5 Å². The molecule has 1 amide bonds. The number of fused-ring (bicyclic) bond motifs is 1. The summed E-state index contributed by atoms with van der Waals surface area (Å²) < 4.78 is 1.63. The average molecular weight is 359 g/mol. The topological polar surface area (TPSA) is 92.7 Å². The van der Waals surface area contributed by atoms with Crippen LogP contribution in [0.1, 0.15) is 21.6 Å². The maximum absolute atomic E-state index is 12.7. The fourth-order valence-electron chi connectivity index (χ4n) is 3.05. The van der Waals surface area contributed by atoms with Crippen LogP contribution in [0.25, 0.3) is 16.7 Å². The van der Waals surface area contributed by atoms with Gasteiger partial charge in [0.25, 0.3) is 11.7 Å². The normalized spacial score (nSPS) is 10.9. The molecule has 0 aliphatic carbocycles. The van der Waals surface area contributed by atoms with Crippen LogP contribution >= 0.6 is 0 Å². The molecule has 0 spiro atoms. The van der Waals surface area contributed by atoms with Gasteiger partial charge in [0.2, 0.25) is 0 Å². The number of nitrogens with zero attached hydrogens (tertiary/aromatic N) is 3. The smallest absolute Gasteiger partial charge is 0.292 e. The van der Waals surface area contributed by atoms with Gasteiger partial charge in [0.05, 0.1) is 5.56 Å². The molecular weight excluding hydrogens is 342 g/mol. The number of benzene rings is 1. The molecule has 0 unspecified atom stereocenters. The summed E-state index contributed by atoms with van der Waals surface area (Å²) in [4.78, 5) is 32.5. The number of rotatable bonds is 5. The molecule has 7 nitrogen and oxygen atoms in total. The highest BCUT2D eigenvalue weighted by atomic mass is 16.2. The predicted molar refractivity (Wildman–Crippen MR) is 101 cm³/mol. The molecule has 0 aliphatic heterocycles. The summed E-state index contributed by atoms with van der Waals surface area (Å²) in [5, 5.41) is 7.57. The van der Waals surface area contributed by atoms with Crippen molar-refractivity contribution in [3.8, 4) is 5.82 Å². The van der Waals surface area contributed by atoms with Crippen LogP contribution in [-0.2, 0) is 11.3 Å². The Labute approximate surface area is 155 Å². The molecule has 0 atom stereocenters. The van der Waals surface area contributed by atoms with E-state index in [2.05, 4.69) is 20.4 Å². The van der Waals surface area contributed by atoms with Gasteiger partial charge in [-0.05, 0) is 36.8 Å². The molecule has 0 radical (unpaired) electrons. The van der Waals surface area contributed by atoms with Gasteiger partial charge in [0.1, 0.15) is 0 Å². The molecule has 3 heterocycles. The number of amides is 1. The summed E-state index contributed by atoms with van der Waals surface area (Å²) >= 11 is 0. The summed E-state index contributed by atoms with van der Waals surface area (Å²) in [7, 11) is 0. The number of carbonyl (C=O) groups is 2. The lowest BCUT2D eigenvalue weighted by molar-refractivity contribution is -0.117. The van der Waals surface area contributed by atoms with Crippen LogP contribution in [0.5, 0.6) is 0 Å². The summed E-state index contributed by atoms with van der Waals surface area (Å²) in [5.74, 6) is -0.544. The van der Waals surface area contributed by atoms with Crippen molar-refractivity contribution in [2.75, 3.05) is 0 Å². The second-order valence-electron chi connectivity index (χ2n) is 6.16. The molecule has 4 aromatic rings. The molecule has 0 bridgehead atoms. The van der Waals surface area contributed by atoms with Gasteiger partial charge in [-0.1, -0.05) is 18.2 Å². The lowest BCUT2D eigenvalue weighted by Gasteiger charge is -2.07. The van der Waals surface area contributed by atoms with Crippen LogP contribution in [0.3, 0.4) is 0 Å². The Morgan fingerprint density at radius 1 is 1.15 bits per heavy atom. The molecule has 0 fully saturated rings. The van der Waals surface area contributed by atoms with E-state index >= 15 is 0 Å². The standard InChI is InChI=1S/C20H17N5O2/c1-13-18(15-5-2-3-6-16(15)24-13)19(26)20(27)22-12-14-7-9-21-17(11-14)25-10-4-8-23-25/h2-11,24H,12H2,1H3,(H,22,27). The second-order valence-corrected chi connectivity index (χ2v) is 6.16. The predicted octanol–water partition coefficient (Wildman–Crippen LogP) is 2.56. The number of hydrogen-bond acceptors (Lipinski definition) is 4. The van der Waals surface area contributed by atoms with Gasteiger partial charge in [0.15, 0.2) is 5.82 Å². The third-order valence-electron chi connectivity index (χ3n) is 4.33. The maximum Gasteiger partial charge on any atom is 0.292 e. The van der Waals surface area contributed by atoms with E-state index in [9.17, 15) is 9.59 Å². The van der Waals surface area contributed by atoms with Gasteiger partial charge in [0, 0.05) is 41.7 Å². The number of carbonyl (C=O) groups excluding carboxylic acids is 2. The van der Waals surface area contributed by atoms with Crippen LogP contribution in [0.4, 0.5) is 0 Å². The number of pyridine rings is 1. The number of para-hydroxylation sites is 1. The van der Waals surface area contributed by atoms with Crippen LogP contribution in [-0.4, -0.2) is 31.4 Å². The van der Waals surface area contributed by atoms with Crippen LogP contribution in [0.15, 0.2) is 61.1 Å². The van der Waals surface area contributed by atoms with Crippen molar-refractivity contribution >= 4 is 22.6 Å². The zero-order valence-corrected chi connectivity index (χ0v) is 14.6. The fourth-order valence-corrected chi connectivity index (χ4v) is 3.05. The molecule has 2 N–H and O–H groups in total. The molecule has 3 aromatic heterocycles. The number of Topliss-reactive ketones (excluding diaryl/α,β-unsaturated/α-hetero) is 1. The van der Waals surface area contributed by atoms with E-state index in [0.29, 0.717) is 17.1 Å². The molecule has 0 saturated carbocycles. The zero-order valence-electron chi connectivity index (χ0n) is 14.6. The highest BCUT2D eigenvalue weighted by Crippen LogP contribution is 2.22. The Bertz CT molecular complexity index is 1130. The number of aryl methyl sites for hydroxylation is 1. The van der Waals surface area contributed by atoms with Gasteiger partial charge in [-0.2, -0.15) is 5.10 Å². The molecule has 27 heavy (non-hydrogen) atoms. The van der Waals surface area contributed by atoms with Crippen molar-refractivity contribution in [3.63, 3.8) is 0 Å². The average Bonchev–Trinajstić information content (AvgIpc) is 3.33. The van der Waals surface area contributed by atoms with E-state index in [-0.39, 0.29) is 6.54 Å². The first kappa shape index (κ1) is 16.7. The number of ketones is 1. The Morgan fingerprint density at radius 2 is 2.00 bits per heavy atom. The van der Waals surface area contributed by atoms with Crippen molar-refractivity contribution in [1.82, 2.24) is 25.1 Å². The van der Waals surface area contributed by atoms with Crippen LogP contribution in [0, 0.1) is 6.92 Å². The van der Waals surface area contributed by atoms with E-state index < -0.39 is 11.7 Å². The zero-order chi connectivity index (χ0) is 18.8. The Hall–Kier alpha value is -3.74. The van der Waals surface area contributed by atoms with Gasteiger partial charge < -0.3 is 10.3 Å². The van der Waals surface area contributed by atoms with E-state index in [4.69, 9.17) is 0 Å². The largest absolute Gasteiger partial charge is 0.358 e. The molecule has 7 heteroatoms. The lowest BCUT2D eigenvalue weighted by atomic mass is 10.1. The van der Waals surface area contributed by atoms with Gasteiger partial charge in [-0.15, -0.1) is 0 Å². The quantitative estimate of drug-likeness (QED) is 0.423. The first-order valence-corrected chi connectivity index (χ1v) is 8.48. The number of nitrogens with one attached hydrogen (secondary N) is 2. The maximum atomic E-state index is 12.7. The third-order valence-corrected chi connectivity index (χ3v) is 4.33. The molecule has 1 aromatic carbocycles. The van der Waals surface area contributed by atoms with Gasteiger partial charge in [-0.25, -0.2) is 9.67 Å². The summed E-state index contributed by atoms with van der Waals surface area (Å²) in [5.41, 5.74) is 2.76. The highest BCUT2D eigenvalue weighted by Gasteiger charge is 2.22. The van der Waals surface area contributed by atoms with Gasteiger partial charge in [-0.3, -0.25) is 9.59 Å². The van der Waals surface area contributed by atoms with E-state index in [0.717, 1.165) is 16.5 Å². The minimum Gasteiger partial charge on any atom is -0.358 e. The number of aromatic amines is 1. The molecular formula is C20H17N5O2. The number of H-pyrrole nitrogens is 1. The van der Waals surface area contributed by atoms with Crippen LogP contribution < -0.4 is 5.32 Å². The molecule has 0 saturated heterocycles.